The molecule has 0 saturated heterocycles. The van der Waals surface area contributed by atoms with E-state index in [0.29, 0.717) is 0 Å². The Hall–Kier alpha value is -0.352. The van der Waals surface area contributed by atoms with Gasteiger partial charge in [0.05, 0.1) is 0 Å². The Bertz CT molecular complexity index is 179. The summed E-state index contributed by atoms with van der Waals surface area (Å²) in [5.41, 5.74) is 0. The molecule has 0 unspecified atom stereocenters. The minimum absolute atomic E-state index is 0. The summed E-state index contributed by atoms with van der Waals surface area (Å²) in [6.07, 6.45) is 29.0. The van der Waals surface area contributed by atoms with Crippen LogP contribution in [0.2, 0.25) is 0 Å². The van der Waals surface area contributed by atoms with Crippen molar-refractivity contribution < 1.29 is 21.1 Å². The van der Waals surface area contributed by atoms with E-state index in [1.54, 1.807) is 0 Å². The molecule has 0 aliphatic heterocycles. The fraction of sp³-hybridized carbons (Fsp3) is 0.500. The predicted octanol–water partition coefficient (Wildman–Crippen LogP) is 4.95. The molecular formula is C16H22Pt. The fourth-order valence-electron chi connectivity index (χ4n) is 1.57. The summed E-state index contributed by atoms with van der Waals surface area (Å²) in [5.74, 6) is 0. The minimum atomic E-state index is 0. The molecule has 2 aliphatic carbocycles. The van der Waals surface area contributed by atoms with Crippen LogP contribution < -0.4 is 0 Å². The van der Waals surface area contributed by atoms with E-state index in [4.69, 9.17) is 0 Å². The van der Waals surface area contributed by atoms with Gasteiger partial charge in [-0.25, -0.2) is 0 Å². The van der Waals surface area contributed by atoms with Gasteiger partial charge in [-0.2, -0.15) is 12.8 Å². The van der Waals surface area contributed by atoms with Crippen molar-refractivity contribution >= 4 is 0 Å². The molecule has 0 atom stereocenters. The van der Waals surface area contributed by atoms with Gasteiger partial charge in [-0.15, -0.1) is 0 Å². The first-order valence-electron chi connectivity index (χ1n) is 6.40. The number of hydrogen-bond donors (Lipinski definition) is 0. The van der Waals surface area contributed by atoms with Gasteiger partial charge in [-0.05, 0) is 12.8 Å². The molecule has 0 bridgehead atoms. The molecule has 2 rings (SSSR count). The Morgan fingerprint density at radius 1 is 0.529 bits per heavy atom. The second-order valence-electron chi connectivity index (χ2n) is 3.99. The summed E-state index contributed by atoms with van der Waals surface area (Å²) < 4.78 is 0. The molecule has 0 N–H and O–H groups in total. The zero-order valence-electron chi connectivity index (χ0n) is 10.4. The third kappa shape index (κ3) is 11.9. The van der Waals surface area contributed by atoms with Gasteiger partial charge in [0.15, 0.2) is 0 Å². The summed E-state index contributed by atoms with van der Waals surface area (Å²) in [6, 6.07) is 0. The van der Waals surface area contributed by atoms with Crippen molar-refractivity contribution in [2.75, 3.05) is 0 Å². The van der Waals surface area contributed by atoms with E-state index in [-0.39, 0.29) is 21.1 Å². The molecule has 0 nitrogen and oxygen atoms in total. The van der Waals surface area contributed by atoms with Gasteiger partial charge in [0, 0.05) is 0 Å². The molecule has 0 heterocycles. The quantitative estimate of drug-likeness (QED) is 0.392. The average Bonchev–Trinajstić information content (AvgIpc) is 2.15. The van der Waals surface area contributed by atoms with Crippen LogP contribution in [-0.2, 0) is 21.1 Å². The van der Waals surface area contributed by atoms with Gasteiger partial charge in [-0.3, -0.25) is 12.2 Å². The Morgan fingerprint density at radius 3 is 1.41 bits per heavy atom. The van der Waals surface area contributed by atoms with Crippen molar-refractivity contribution in [2.45, 2.75) is 51.4 Å². The van der Waals surface area contributed by atoms with Crippen LogP contribution in [0.3, 0.4) is 0 Å². The zero-order chi connectivity index (χ0) is 11.3. The molecule has 0 spiro atoms. The van der Waals surface area contributed by atoms with Crippen LogP contribution in [0.5, 0.6) is 0 Å². The van der Waals surface area contributed by atoms with Crippen LogP contribution in [0.15, 0.2) is 36.5 Å². The molecule has 0 radical (unpaired) electrons. The van der Waals surface area contributed by atoms with Crippen molar-refractivity contribution in [3.05, 3.63) is 48.6 Å². The first-order chi connectivity index (χ1) is 8.00. The van der Waals surface area contributed by atoms with Gasteiger partial charge in [0.2, 0.25) is 0 Å². The molecule has 0 aromatic carbocycles. The molecule has 1 heteroatoms. The van der Waals surface area contributed by atoms with E-state index in [2.05, 4.69) is 48.6 Å². The van der Waals surface area contributed by atoms with E-state index in [9.17, 15) is 0 Å². The number of hydrogen-bond acceptors (Lipinski definition) is 0. The van der Waals surface area contributed by atoms with Crippen LogP contribution in [0.4, 0.5) is 0 Å². The fourth-order valence-corrected chi connectivity index (χ4v) is 1.57. The van der Waals surface area contributed by atoms with Gasteiger partial charge in [0.1, 0.15) is 0 Å². The summed E-state index contributed by atoms with van der Waals surface area (Å²) in [6.45, 7) is 0. The van der Waals surface area contributed by atoms with Gasteiger partial charge >= 0.3 is 21.1 Å². The summed E-state index contributed by atoms with van der Waals surface area (Å²) in [4.78, 5) is 0. The Balaban J connectivity index is 0.000000284. The second kappa shape index (κ2) is 13.7. The Morgan fingerprint density at radius 2 is 0.941 bits per heavy atom. The smallest absolute Gasteiger partial charge is 0.500 e. The maximum Gasteiger partial charge on any atom is 2.00 e. The van der Waals surface area contributed by atoms with Crippen LogP contribution in [0.25, 0.3) is 0 Å². The monoisotopic (exact) mass is 409 g/mol. The van der Waals surface area contributed by atoms with E-state index >= 15 is 0 Å². The normalized spacial score (nSPS) is 18.8. The molecule has 96 valence electrons. The van der Waals surface area contributed by atoms with Crippen LogP contribution in [-0.4, -0.2) is 0 Å². The van der Waals surface area contributed by atoms with Crippen LogP contribution in [0.1, 0.15) is 51.4 Å². The SMILES string of the molecule is [C-]1=CCCC=CCC1.[C-]1=CCCC=CCC1.[Pt+2]. The Kier molecular flexibility index (Phi) is 13.4. The zero-order valence-corrected chi connectivity index (χ0v) is 12.7. The van der Waals surface area contributed by atoms with E-state index in [1.807, 2.05) is 0 Å². The number of allylic oxidation sites excluding steroid dienone is 8. The van der Waals surface area contributed by atoms with E-state index < -0.39 is 0 Å². The molecule has 2 aliphatic rings. The molecule has 17 heavy (non-hydrogen) atoms. The van der Waals surface area contributed by atoms with Crippen LogP contribution >= 0.6 is 0 Å². The maximum absolute atomic E-state index is 3.21. The van der Waals surface area contributed by atoms with Crippen molar-refractivity contribution in [1.82, 2.24) is 0 Å². The predicted molar refractivity (Wildman–Crippen MR) is 70.8 cm³/mol. The number of rotatable bonds is 0. The van der Waals surface area contributed by atoms with Gasteiger partial charge in [0.25, 0.3) is 0 Å². The molecular weight excluding hydrogens is 387 g/mol. The second-order valence-corrected chi connectivity index (χ2v) is 3.99. The molecule has 0 fully saturated rings. The largest absolute Gasteiger partial charge is 2.00 e. The Labute approximate surface area is 121 Å². The molecule has 0 aromatic heterocycles. The summed E-state index contributed by atoms with van der Waals surface area (Å²) in [7, 11) is 0. The third-order valence-corrected chi connectivity index (χ3v) is 2.49. The first-order valence-corrected chi connectivity index (χ1v) is 6.40. The van der Waals surface area contributed by atoms with Gasteiger partial charge in [-0.1, -0.05) is 50.0 Å². The van der Waals surface area contributed by atoms with Crippen molar-refractivity contribution in [3.63, 3.8) is 0 Å². The van der Waals surface area contributed by atoms with Crippen molar-refractivity contribution in [3.8, 4) is 0 Å². The third-order valence-electron chi connectivity index (χ3n) is 2.49. The molecule has 0 aromatic rings. The summed E-state index contributed by atoms with van der Waals surface area (Å²) >= 11 is 0. The van der Waals surface area contributed by atoms with E-state index in [1.165, 1.54) is 38.5 Å². The molecule has 0 saturated carbocycles. The maximum atomic E-state index is 3.21. The minimum Gasteiger partial charge on any atom is -0.500 e. The molecule has 0 amide bonds. The van der Waals surface area contributed by atoms with E-state index in [0.717, 1.165) is 12.8 Å². The van der Waals surface area contributed by atoms with Crippen molar-refractivity contribution in [1.29, 1.82) is 0 Å². The average molecular weight is 409 g/mol. The first kappa shape index (κ1) is 16.6. The summed E-state index contributed by atoms with van der Waals surface area (Å²) in [5, 5.41) is 0. The van der Waals surface area contributed by atoms with Crippen molar-refractivity contribution in [2.24, 2.45) is 0 Å². The topological polar surface area (TPSA) is 0 Å². The van der Waals surface area contributed by atoms with Gasteiger partial charge < -0.3 is 12.2 Å². The standard InChI is InChI=1S/2C8H11.Pt/c2*1-2-4-6-8-7-5-3-1;/h2*1-2,7H,3-6H2;/q2*-1;+2. The van der Waals surface area contributed by atoms with Crippen LogP contribution in [0, 0.1) is 12.2 Å².